The molecule has 0 radical (unpaired) electrons. The molecule has 0 aliphatic rings. The van der Waals surface area contributed by atoms with E-state index < -0.39 is 17.8 Å². The van der Waals surface area contributed by atoms with Crippen LogP contribution in [0.1, 0.15) is 11.1 Å². The van der Waals surface area contributed by atoms with Gasteiger partial charge in [-0.25, -0.2) is 10.2 Å². The van der Waals surface area contributed by atoms with Crippen molar-refractivity contribution in [3.8, 4) is 0 Å². The van der Waals surface area contributed by atoms with Crippen molar-refractivity contribution in [2.75, 3.05) is 0 Å². The predicted molar refractivity (Wildman–Crippen MR) is 51.8 cm³/mol. The summed E-state index contributed by atoms with van der Waals surface area (Å²) in [6, 6.07) is 3.46. The van der Waals surface area contributed by atoms with Crippen molar-refractivity contribution in [1.29, 1.82) is 0 Å². The standard InChI is InChI=1S/C9H8F3N3O/c10-9(11,12)7-3-1-6(2-4-7)5-14-15-8(13)16/h1-5H,(H3,13,15,16)/b14-5-. The van der Waals surface area contributed by atoms with Crippen molar-refractivity contribution in [3.63, 3.8) is 0 Å². The van der Waals surface area contributed by atoms with Crippen molar-refractivity contribution in [2.24, 2.45) is 10.8 Å². The molecule has 0 aliphatic carbocycles. The normalized spacial score (nSPS) is 11.7. The zero-order valence-electron chi connectivity index (χ0n) is 7.95. The van der Waals surface area contributed by atoms with E-state index in [1.54, 1.807) is 0 Å². The predicted octanol–water partition coefficient (Wildman–Crippen LogP) is 1.71. The Balaban J connectivity index is 2.72. The minimum atomic E-state index is -4.36. The number of hydrogen-bond acceptors (Lipinski definition) is 2. The fourth-order valence-corrected chi connectivity index (χ4v) is 0.929. The van der Waals surface area contributed by atoms with Crippen LogP contribution >= 0.6 is 0 Å². The molecular formula is C9H8F3N3O. The Kier molecular flexibility index (Phi) is 3.49. The topological polar surface area (TPSA) is 67.5 Å². The number of primary amides is 1. The molecular weight excluding hydrogens is 223 g/mol. The highest BCUT2D eigenvalue weighted by Crippen LogP contribution is 2.28. The molecule has 0 heterocycles. The molecule has 3 N–H and O–H groups in total. The molecule has 0 fully saturated rings. The van der Waals surface area contributed by atoms with E-state index in [4.69, 9.17) is 5.73 Å². The lowest BCUT2D eigenvalue weighted by molar-refractivity contribution is -0.137. The van der Waals surface area contributed by atoms with E-state index in [9.17, 15) is 18.0 Å². The monoisotopic (exact) mass is 231 g/mol. The number of carbonyl (C=O) groups is 1. The second-order valence-electron chi connectivity index (χ2n) is 2.85. The molecule has 0 spiro atoms. The highest BCUT2D eigenvalue weighted by molar-refractivity contribution is 5.81. The molecule has 0 saturated carbocycles. The highest BCUT2D eigenvalue weighted by Gasteiger charge is 2.29. The third kappa shape index (κ3) is 3.60. The van der Waals surface area contributed by atoms with Crippen molar-refractivity contribution in [1.82, 2.24) is 5.43 Å². The first-order valence-electron chi connectivity index (χ1n) is 4.15. The van der Waals surface area contributed by atoms with Gasteiger partial charge in [-0.15, -0.1) is 0 Å². The van der Waals surface area contributed by atoms with Crippen LogP contribution in [0.2, 0.25) is 0 Å². The lowest BCUT2D eigenvalue weighted by atomic mass is 10.1. The van der Waals surface area contributed by atoms with Gasteiger partial charge in [0.1, 0.15) is 0 Å². The Morgan fingerprint density at radius 3 is 2.31 bits per heavy atom. The summed E-state index contributed by atoms with van der Waals surface area (Å²) in [4.78, 5) is 10.2. The number of nitrogens with two attached hydrogens (primary N) is 1. The van der Waals surface area contributed by atoms with Gasteiger partial charge < -0.3 is 5.73 Å². The molecule has 2 amide bonds. The van der Waals surface area contributed by atoms with Crippen molar-refractivity contribution in [3.05, 3.63) is 35.4 Å². The van der Waals surface area contributed by atoms with Crippen LogP contribution in [0.3, 0.4) is 0 Å². The first-order chi connectivity index (χ1) is 7.39. The van der Waals surface area contributed by atoms with Gasteiger partial charge in [0.05, 0.1) is 11.8 Å². The van der Waals surface area contributed by atoms with E-state index in [-0.39, 0.29) is 0 Å². The Hall–Kier alpha value is -2.05. The van der Waals surface area contributed by atoms with Crippen molar-refractivity contribution < 1.29 is 18.0 Å². The third-order valence-corrected chi connectivity index (χ3v) is 1.63. The number of hydrazone groups is 1. The molecule has 16 heavy (non-hydrogen) atoms. The fraction of sp³-hybridized carbons (Fsp3) is 0.111. The summed E-state index contributed by atoms with van der Waals surface area (Å²) >= 11 is 0. The summed E-state index contributed by atoms with van der Waals surface area (Å²) in [5.41, 5.74) is 6.33. The van der Waals surface area contributed by atoms with Gasteiger partial charge in [-0.2, -0.15) is 18.3 Å². The van der Waals surface area contributed by atoms with Crippen LogP contribution in [0.15, 0.2) is 29.4 Å². The molecule has 1 aromatic carbocycles. The molecule has 0 bridgehead atoms. The van der Waals surface area contributed by atoms with Gasteiger partial charge >= 0.3 is 12.2 Å². The maximum atomic E-state index is 12.2. The van der Waals surface area contributed by atoms with E-state index in [0.29, 0.717) is 5.56 Å². The number of halogens is 3. The van der Waals surface area contributed by atoms with Crippen LogP contribution in [0.4, 0.5) is 18.0 Å². The third-order valence-electron chi connectivity index (χ3n) is 1.63. The molecule has 7 heteroatoms. The number of carbonyl (C=O) groups excluding carboxylic acids is 1. The Bertz CT molecular complexity index is 397. The number of hydrogen-bond donors (Lipinski definition) is 2. The van der Waals surface area contributed by atoms with Crippen LogP contribution in [0.5, 0.6) is 0 Å². The lowest BCUT2D eigenvalue weighted by Gasteiger charge is -2.05. The summed E-state index contributed by atoms with van der Waals surface area (Å²) in [5, 5.41) is 3.40. The molecule has 0 aromatic heterocycles. The molecule has 0 unspecified atom stereocenters. The number of nitrogens with one attached hydrogen (secondary N) is 1. The summed E-state index contributed by atoms with van der Waals surface area (Å²) in [6.45, 7) is 0. The summed E-state index contributed by atoms with van der Waals surface area (Å²) in [5.74, 6) is 0. The van der Waals surface area contributed by atoms with Crippen LogP contribution in [-0.4, -0.2) is 12.2 Å². The number of urea groups is 1. The molecule has 0 atom stereocenters. The van der Waals surface area contributed by atoms with Crippen molar-refractivity contribution >= 4 is 12.2 Å². The smallest absolute Gasteiger partial charge is 0.350 e. The van der Waals surface area contributed by atoms with E-state index in [0.717, 1.165) is 12.1 Å². The molecule has 4 nitrogen and oxygen atoms in total. The lowest BCUT2D eigenvalue weighted by Crippen LogP contribution is -2.24. The Labute approximate surface area is 88.9 Å². The van der Waals surface area contributed by atoms with Gasteiger partial charge in [-0.3, -0.25) is 0 Å². The Morgan fingerprint density at radius 1 is 1.31 bits per heavy atom. The average Bonchev–Trinajstić information content (AvgIpc) is 2.16. The summed E-state index contributed by atoms with van der Waals surface area (Å²) in [7, 11) is 0. The number of rotatable bonds is 2. The van der Waals surface area contributed by atoms with Gasteiger partial charge in [0.15, 0.2) is 0 Å². The van der Waals surface area contributed by atoms with Crippen LogP contribution in [0, 0.1) is 0 Å². The zero-order valence-corrected chi connectivity index (χ0v) is 7.95. The van der Waals surface area contributed by atoms with E-state index in [1.807, 2.05) is 5.43 Å². The van der Waals surface area contributed by atoms with E-state index in [2.05, 4.69) is 5.10 Å². The fourth-order valence-electron chi connectivity index (χ4n) is 0.929. The van der Waals surface area contributed by atoms with Crippen molar-refractivity contribution in [2.45, 2.75) is 6.18 Å². The van der Waals surface area contributed by atoms with Gasteiger partial charge in [0.2, 0.25) is 0 Å². The minimum absolute atomic E-state index is 0.418. The second-order valence-corrected chi connectivity index (χ2v) is 2.85. The molecule has 0 aliphatic heterocycles. The average molecular weight is 231 g/mol. The van der Waals surface area contributed by atoms with Gasteiger partial charge in [0, 0.05) is 0 Å². The maximum absolute atomic E-state index is 12.2. The highest BCUT2D eigenvalue weighted by atomic mass is 19.4. The van der Waals surface area contributed by atoms with Crippen LogP contribution in [0.25, 0.3) is 0 Å². The van der Waals surface area contributed by atoms with Crippen LogP contribution < -0.4 is 11.2 Å². The largest absolute Gasteiger partial charge is 0.416 e. The molecule has 0 saturated heterocycles. The van der Waals surface area contributed by atoms with E-state index >= 15 is 0 Å². The quantitative estimate of drug-likeness (QED) is 0.590. The Morgan fingerprint density at radius 2 is 1.88 bits per heavy atom. The molecule has 86 valence electrons. The number of nitrogens with zero attached hydrogens (tertiary/aromatic N) is 1. The SMILES string of the molecule is NC(=O)N/N=C\c1ccc(C(F)(F)F)cc1. The summed E-state index contributed by atoms with van der Waals surface area (Å²) in [6.07, 6.45) is -3.17. The van der Waals surface area contributed by atoms with Gasteiger partial charge in [-0.05, 0) is 17.7 Å². The van der Waals surface area contributed by atoms with Gasteiger partial charge in [0.25, 0.3) is 0 Å². The number of amides is 2. The molecule has 1 aromatic rings. The van der Waals surface area contributed by atoms with Gasteiger partial charge in [-0.1, -0.05) is 12.1 Å². The first kappa shape index (κ1) is 12.0. The first-order valence-corrected chi connectivity index (χ1v) is 4.15. The number of alkyl halides is 3. The minimum Gasteiger partial charge on any atom is -0.350 e. The maximum Gasteiger partial charge on any atom is 0.416 e. The zero-order chi connectivity index (χ0) is 12.2. The summed E-state index contributed by atoms with van der Waals surface area (Å²) < 4.78 is 36.5. The van der Waals surface area contributed by atoms with Crippen LogP contribution in [-0.2, 0) is 6.18 Å². The number of benzene rings is 1. The second kappa shape index (κ2) is 4.65. The van der Waals surface area contributed by atoms with E-state index in [1.165, 1.54) is 18.3 Å². The molecule has 1 rings (SSSR count).